The minimum atomic E-state index is -1.39. The maximum absolute atomic E-state index is 9.70. The number of rotatable bonds is 7. The van der Waals surface area contributed by atoms with E-state index in [1.165, 1.54) is 0 Å². The molecule has 0 bridgehead atoms. The minimum Gasteiger partial charge on any atom is -0.394 e. The normalized spacial score (nSPS) is 35.9. The molecule has 5 atom stereocenters. The van der Waals surface area contributed by atoms with Crippen molar-refractivity contribution < 1.29 is 29.9 Å². The zero-order valence-corrected chi connectivity index (χ0v) is 11.2. The number of aliphatic hydroxyl groups is 4. The van der Waals surface area contributed by atoms with Crippen LogP contribution in [0.25, 0.3) is 0 Å². The Labute approximate surface area is 113 Å². The van der Waals surface area contributed by atoms with Gasteiger partial charge in [-0.25, -0.2) is 0 Å². The Morgan fingerprint density at radius 2 is 1.84 bits per heavy atom. The summed E-state index contributed by atoms with van der Waals surface area (Å²) >= 11 is 0. The number of aliphatic hydroxyl groups excluding tert-OH is 4. The van der Waals surface area contributed by atoms with Crippen molar-refractivity contribution >= 4 is 0 Å². The van der Waals surface area contributed by atoms with Crippen molar-refractivity contribution in [3.8, 4) is 0 Å². The van der Waals surface area contributed by atoms with Crippen LogP contribution in [-0.4, -0.2) is 64.3 Å². The molecule has 6 heteroatoms. The van der Waals surface area contributed by atoms with Gasteiger partial charge in [0.2, 0.25) is 0 Å². The standard InChI is InChI=1S/C13H24O6/c1-2-3-4-5-6-7-18-13-12(17)11(16)10(15)9(8-14)19-13/h5-6,9-17H,2-4,7-8H2,1H3/b6-5+/t9-,10-,11+,12-,13-/m1/s1. The minimum absolute atomic E-state index is 0.242. The Morgan fingerprint density at radius 3 is 2.47 bits per heavy atom. The van der Waals surface area contributed by atoms with Crippen LogP contribution >= 0.6 is 0 Å². The van der Waals surface area contributed by atoms with Gasteiger partial charge in [0, 0.05) is 0 Å². The average molecular weight is 276 g/mol. The van der Waals surface area contributed by atoms with Gasteiger partial charge in [-0.3, -0.25) is 0 Å². The second-order valence-electron chi connectivity index (χ2n) is 4.64. The predicted octanol–water partition coefficient (Wildman–Crippen LogP) is -0.451. The van der Waals surface area contributed by atoms with E-state index in [9.17, 15) is 15.3 Å². The van der Waals surface area contributed by atoms with E-state index in [4.69, 9.17) is 14.6 Å². The van der Waals surface area contributed by atoms with Gasteiger partial charge in [0.1, 0.15) is 24.4 Å². The third-order valence-corrected chi connectivity index (χ3v) is 3.10. The molecule has 0 aliphatic carbocycles. The molecule has 0 aromatic carbocycles. The Balaban J connectivity index is 2.37. The molecule has 4 N–H and O–H groups in total. The molecule has 1 fully saturated rings. The van der Waals surface area contributed by atoms with Crippen LogP contribution in [0, 0.1) is 0 Å². The van der Waals surface area contributed by atoms with Gasteiger partial charge in [-0.15, -0.1) is 0 Å². The molecule has 1 rings (SSSR count). The van der Waals surface area contributed by atoms with E-state index < -0.39 is 37.3 Å². The average Bonchev–Trinajstić information content (AvgIpc) is 2.42. The quantitative estimate of drug-likeness (QED) is 0.371. The Bertz CT molecular complexity index is 268. The number of hydrogen-bond donors (Lipinski definition) is 4. The molecular formula is C13H24O6. The molecule has 6 nitrogen and oxygen atoms in total. The third kappa shape index (κ3) is 4.83. The fraction of sp³-hybridized carbons (Fsp3) is 0.846. The SMILES string of the molecule is CCCC/C=C/CO[C@@H]1O[C@H](CO)[C@@H](O)[C@H](O)[C@H]1O. The van der Waals surface area contributed by atoms with Crippen molar-refractivity contribution in [3.05, 3.63) is 12.2 Å². The van der Waals surface area contributed by atoms with Gasteiger partial charge in [-0.1, -0.05) is 31.9 Å². The first-order chi connectivity index (χ1) is 9.11. The molecule has 19 heavy (non-hydrogen) atoms. The van der Waals surface area contributed by atoms with E-state index in [1.807, 2.05) is 12.2 Å². The first kappa shape index (κ1) is 16.6. The summed E-state index contributed by atoms with van der Waals surface area (Å²) < 4.78 is 10.5. The lowest BCUT2D eigenvalue weighted by Gasteiger charge is -2.39. The molecule has 1 aliphatic heterocycles. The summed E-state index contributed by atoms with van der Waals surface area (Å²) in [4.78, 5) is 0. The van der Waals surface area contributed by atoms with Crippen LogP contribution in [0.2, 0.25) is 0 Å². The number of allylic oxidation sites excluding steroid dienone is 1. The van der Waals surface area contributed by atoms with E-state index in [0.29, 0.717) is 0 Å². The van der Waals surface area contributed by atoms with Crippen molar-refractivity contribution in [1.82, 2.24) is 0 Å². The Morgan fingerprint density at radius 1 is 1.11 bits per heavy atom. The van der Waals surface area contributed by atoms with Crippen LogP contribution in [0.15, 0.2) is 12.2 Å². The summed E-state index contributed by atoms with van der Waals surface area (Å²) in [5.41, 5.74) is 0. The first-order valence-corrected chi connectivity index (χ1v) is 6.69. The maximum atomic E-state index is 9.70. The monoisotopic (exact) mass is 276 g/mol. The highest BCUT2D eigenvalue weighted by Gasteiger charge is 2.43. The van der Waals surface area contributed by atoms with Gasteiger partial charge in [0.15, 0.2) is 6.29 Å². The van der Waals surface area contributed by atoms with Crippen molar-refractivity contribution in [2.45, 2.75) is 56.9 Å². The lowest BCUT2D eigenvalue weighted by Crippen LogP contribution is -2.59. The van der Waals surface area contributed by atoms with Crippen molar-refractivity contribution in [2.75, 3.05) is 13.2 Å². The molecule has 0 radical (unpaired) electrons. The van der Waals surface area contributed by atoms with E-state index in [1.54, 1.807) is 0 Å². The van der Waals surface area contributed by atoms with Crippen molar-refractivity contribution in [3.63, 3.8) is 0 Å². The van der Waals surface area contributed by atoms with Crippen LogP contribution in [-0.2, 0) is 9.47 Å². The fourth-order valence-electron chi connectivity index (χ4n) is 1.86. The number of ether oxygens (including phenoxy) is 2. The van der Waals surface area contributed by atoms with Crippen molar-refractivity contribution in [2.24, 2.45) is 0 Å². The predicted molar refractivity (Wildman–Crippen MR) is 68.4 cm³/mol. The summed E-state index contributed by atoms with van der Waals surface area (Å²) in [6.07, 6.45) is 0.953. The van der Waals surface area contributed by atoms with E-state index in [0.717, 1.165) is 19.3 Å². The van der Waals surface area contributed by atoms with E-state index in [2.05, 4.69) is 6.92 Å². The summed E-state index contributed by atoms with van der Waals surface area (Å²) in [6.45, 7) is 1.90. The first-order valence-electron chi connectivity index (χ1n) is 6.69. The summed E-state index contributed by atoms with van der Waals surface area (Å²) in [7, 11) is 0. The highest BCUT2D eigenvalue weighted by atomic mass is 16.7. The second kappa shape index (κ2) is 8.63. The highest BCUT2D eigenvalue weighted by molar-refractivity contribution is 4.89. The zero-order chi connectivity index (χ0) is 14.3. The molecule has 0 aromatic rings. The molecule has 0 spiro atoms. The lowest BCUT2D eigenvalue weighted by atomic mass is 9.99. The number of hydrogen-bond acceptors (Lipinski definition) is 6. The second-order valence-corrected chi connectivity index (χ2v) is 4.64. The van der Waals surface area contributed by atoms with Gasteiger partial charge in [0.25, 0.3) is 0 Å². The topological polar surface area (TPSA) is 99.4 Å². The summed E-state index contributed by atoms with van der Waals surface area (Å²) in [6, 6.07) is 0. The molecule has 0 aromatic heterocycles. The molecule has 0 amide bonds. The maximum Gasteiger partial charge on any atom is 0.187 e. The molecule has 0 unspecified atom stereocenters. The smallest absolute Gasteiger partial charge is 0.187 e. The fourth-order valence-corrected chi connectivity index (χ4v) is 1.86. The zero-order valence-electron chi connectivity index (χ0n) is 11.2. The summed E-state index contributed by atoms with van der Waals surface area (Å²) in [5.74, 6) is 0. The summed E-state index contributed by atoms with van der Waals surface area (Å²) in [5, 5.41) is 37.8. The van der Waals surface area contributed by atoms with Gasteiger partial charge >= 0.3 is 0 Å². The van der Waals surface area contributed by atoms with Crippen molar-refractivity contribution in [1.29, 1.82) is 0 Å². The molecule has 1 aliphatic rings. The molecule has 0 saturated carbocycles. The molecular weight excluding hydrogens is 252 g/mol. The molecule has 1 saturated heterocycles. The van der Waals surface area contributed by atoms with Gasteiger partial charge in [0.05, 0.1) is 13.2 Å². The number of unbranched alkanes of at least 4 members (excludes halogenated alkanes) is 2. The largest absolute Gasteiger partial charge is 0.394 e. The van der Waals surface area contributed by atoms with Crippen LogP contribution < -0.4 is 0 Å². The van der Waals surface area contributed by atoms with Crippen LogP contribution in [0.5, 0.6) is 0 Å². The van der Waals surface area contributed by atoms with Crippen LogP contribution in [0.3, 0.4) is 0 Å². The van der Waals surface area contributed by atoms with Gasteiger partial charge in [-0.2, -0.15) is 0 Å². The lowest BCUT2D eigenvalue weighted by molar-refractivity contribution is -0.298. The van der Waals surface area contributed by atoms with Crippen LogP contribution in [0.1, 0.15) is 26.2 Å². The van der Waals surface area contributed by atoms with Gasteiger partial charge < -0.3 is 29.9 Å². The molecule has 1 heterocycles. The highest BCUT2D eigenvalue weighted by Crippen LogP contribution is 2.21. The third-order valence-electron chi connectivity index (χ3n) is 3.10. The Kier molecular flexibility index (Phi) is 7.52. The van der Waals surface area contributed by atoms with E-state index in [-0.39, 0.29) is 6.61 Å². The Hall–Kier alpha value is -0.500. The van der Waals surface area contributed by atoms with Crippen LogP contribution in [0.4, 0.5) is 0 Å². The van der Waals surface area contributed by atoms with Gasteiger partial charge in [-0.05, 0) is 6.42 Å². The van der Waals surface area contributed by atoms with E-state index >= 15 is 0 Å². The molecule has 112 valence electrons.